The van der Waals surface area contributed by atoms with Gasteiger partial charge in [0.1, 0.15) is 0 Å². The molecular formula is C15H22Cl2N2S. The predicted molar refractivity (Wildman–Crippen MR) is 88.1 cm³/mol. The van der Waals surface area contributed by atoms with Crippen LogP contribution in [-0.4, -0.2) is 30.6 Å². The van der Waals surface area contributed by atoms with E-state index in [2.05, 4.69) is 17.1 Å². The molecule has 3 heterocycles. The molecule has 20 heavy (non-hydrogen) atoms. The summed E-state index contributed by atoms with van der Waals surface area (Å²) in [6.45, 7) is 5.81. The minimum Gasteiger partial charge on any atom is -0.314 e. The van der Waals surface area contributed by atoms with Crippen molar-refractivity contribution in [3.63, 3.8) is 0 Å². The molecule has 2 saturated heterocycles. The van der Waals surface area contributed by atoms with E-state index in [4.69, 9.17) is 23.2 Å². The van der Waals surface area contributed by atoms with Gasteiger partial charge < -0.3 is 5.32 Å². The summed E-state index contributed by atoms with van der Waals surface area (Å²) in [5, 5.41) is 3.67. The van der Waals surface area contributed by atoms with Crippen LogP contribution in [0.5, 0.6) is 0 Å². The Hall–Kier alpha value is 0.200. The first-order valence-corrected chi connectivity index (χ1v) is 9.14. The quantitative estimate of drug-likeness (QED) is 0.871. The fourth-order valence-corrected chi connectivity index (χ4v) is 5.30. The highest BCUT2D eigenvalue weighted by Crippen LogP contribution is 2.38. The number of piperidine rings is 1. The van der Waals surface area contributed by atoms with Gasteiger partial charge in [0.15, 0.2) is 0 Å². The average Bonchev–Trinajstić information content (AvgIpc) is 3.08. The van der Waals surface area contributed by atoms with Crippen molar-refractivity contribution in [1.29, 1.82) is 0 Å². The van der Waals surface area contributed by atoms with Crippen LogP contribution in [0.15, 0.2) is 6.07 Å². The fourth-order valence-electron chi connectivity index (χ4n) is 3.67. The number of hydrogen-bond donors (Lipinski definition) is 1. The lowest BCUT2D eigenvalue weighted by Gasteiger charge is -2.39. The molecule has 2 aliphatic rings. The first kappa shape index (κ1) is 15.1. The minimum atomic E-state index is 0.371. The van der Waals surface area contributed by atoms with Crippen molar-refractivity contribution in [1.82, 2.24) is 10.2 Å². The Bertz CT molecular complexity index is 457. The van der Waals surface area contributed by atoms with Crippen molar-refractivity contribution in [3.8, 4) is 0 Å². The second-order valence-corrected chi connectivity index (χ2v) is 8.34. The molecule has 0 spiro atoms. The lowest BCUT2D eigenvalue weighted by Crippen LogP contribution is -2.44. The third-order valence-corrected chi connectivity index (χ3v) is 6.36. The van der Waals surface area contributed by atoms with E-state index in [0.29, 0.717) is 6.04 Å². The maximum absolute atomic E-state index is 6.32. The monoisotopic (exact) mass is 332 g/mol. The highest BCUT2D eigenvalue weighted by molar-refractivity contribution is 7.20. The van der Waals surface area contributed by atoms with E-state index in [1.807, 2.05) is 6.07 Å². The Morgan fingerprint density at radius 3 is 2.85 bits per heavy atom. The van der Waals surface area contributed by atoms with E-state index in [0.717, 1.165) is 20.6 Å². The molecule has 0 bridgehead atoms. The molecule has 3 unspecified atom stereocenters. The summed E-state index contributed by atoms with van der Waals surface area (Å²) in [4.78, 5) is 2.58. The van der Waals surface area contributed by atoms with Crippen LogP contribution in [0.3, 0.4) is 0 Å². The van der Waals surface area contributed by atoms with E-state index >= 15 is 0 Å². The normalized spacial score (nSPS) is 29.8. The Balaban J connectivity index is 1.68. The first-order valence-electron chi connectivity index (χ1n) is 7.57. The molecule has 2 nitrogen and oxygen atoms in total. The molecule has 0 radical (unpaired) electrons. The van der Waals surface area contributed by atoms with Crippen molar-refractivity contribution in [3.05, 3.63) is 20.3 Å². The number of likely N-dealkylation sites (tertiary alicyclic amines) is 1. The molecule has 112 valence electrons. The summed E-state index contributed by atoms with van der Waals surface area (Å²) in [6.07, 6.45) is 5.34. The maximum atomic E-state index is 6.32. The number of hydrogen-bond acceptors (Lipinski definition) is 3. The summed E-state index contributed by atoms with van der Waals surface area (Å²) in [5.41, 5.74) is 1.20. The lowest BCUT2D eigenvalue weighted by molar-refractivity contribution is 0.115. The van der Waals surface area contributed by atoms with Gasteiger partial charge in [-0.05, 0) is 57.7 Å². The van der Waals surface area contributed by atoms with Crippen LogP contribution in [-0.2, 0) is 0 Å². The van der Waals surface area contributed by atoms with Crippen molar-refractivity contribution in [2.24, 2.45) is 5.92 Å². The average molecular weight is 333 g/mol. The zero-order valence-corrected chi connectivity index (χ0v) is 14.2. The van der Waals surface area contributed by atoms with Crippen LogP contribution in [0, 0.1) is 5.92 Å². The van der Waals surface area contributed by atoms with E-state index in [-0.39, 0.29) is 0 Å². The lowest BCUT2D eigenvalue weighted by atomic mass is 9.88. The SMILES string of the molecule is CC(c1cc(Cl)sc1Cl)N1CCCC(C2CCCN2)C1. The van der Waals surface area contributed by atoms with Gasteiger partial charge in [-0.25, -0.2) is 0 Å². The number of nitrogens with one attached hydrogen (secondary N) is 1. The van der Waals surface area contributed by atoms with Crippen LogP contribution in [0.25, 0.3) is 0 Å². The molecule has 3 atom stereocenters. The number of halogens is 2. The molecule has 1 aromatic heterocycles. The van der Waals surface area contributed by atoms with Gasteiger partial charge >= 0.3 is 0 Å². The standard InChI is InChI=1S/C15H22Cl2N2S/c1-10(12-8-14(16)20-15(12)17)19-7-3-4-11(9-19)13-5-2-6-18-13/h8,10-11,13,18H,2-7,9H2,1H3. The summed E-state index contributed by atoms with van der Waals surface area (Å²) in [5.74, 6) is 0.793. The molecule has 0 saturated carbocycles. The Kier molecular flexibility index (Phi) is 4.94. The summed E-state index contributed by atoms with van der Waals surface area (Å²) in [7, 11) is 0. The smallest absolute Gasteiger partial charge is 0.0991 e. The van der Waals surface area contributed by atoms with E-state index in [9.17, 15) is 0 Å². The highest BCUT2D eigenvalue weighted by Gasteiger charge is 2.31. The zero-order chi connectivity index (χ0) is 14.1. The first-order chi connectivity index (χ1) is 9.65. The van der Waals surface area contributed by atoms with Crippen LogP contribution < -0.4 is 5.32 Å². The van der Waals surface area contributed by atoms with Gasteiger partial charge in [-0.2, -0.15) is 0 Å². The van der Waals surface area contributed by atoms with Gasteiger partial charge in [-0.1, -0.05) is 23.2 Å². The van der Waals surface area contributed by atoms with E-state index in [1.54, 1.807) is 0 Å². The van der Waals surface area contributed by atoms with Gasteiger partial charge in [0.2, 0.25) is 0 Å². The van der Waals surface area contributed by atoms with Crippen LogP contribution in [0.1, 0.15) is 44.2 Å². The largest absolute Gasteiger partial charge is 0.314 e. The fraction of sp³-hybridized carbons (Fsp3) is 0.733. The third-order valence-electron chi connectivity index (χ3n) is 4.84. The summed E-state index contributed by atoms with van der Waals surface area (Å²) in [6, 6.07) is 3.14. The topological polar surface area (TPSA) is 15.3 Å². The molecule has 3 rings (SSSR count). The second kappa shape index (κ2) is 6.53. The molecule has 1 N–H and O–H groups in total. The highest BCUT2D eigenvalue weighted by atomic mass is 35.5. The van der Waals surface area contributed by atoms with Crippen molar-refractivity contribution in [2.75, 3.05) is 19.6 Å². The third kappa shape index (κ3) is 3.17. The predicted octanol–water partition coefficient (Wildman–Crippen LogP) is 4.58. The molecule has 5 heteroatoms. The second-order valence-electron chi connectivity index (χ2n) is 6.06. The molecule has 0 aromatic carbocycles. The van der Waals surface area contributed by atoms with Gasteiger partial charge in [-0.3, -0.25) is 4.90 Å². The van der Waals surface area contributed by atoms with Crippen molar-refractivity contribution >= 4 is 34.5 Å². The van der Waals surface area contributed by atoms with E-state index < -0.39 is 0 Å². The van der Waals surface area contributed by atoms with Crippen molar-refractivity contribution in [2.45, 2.75) is 44.7 Å². The Morgan fingerprint density at radius 1 is 1.35 bits per heavy atom. The molecule has 0 amide bonds. The molecule has 1 aromatic rings. The Morgan fingerprint density at radius 2 is 2.20 bits per heavy atom. The molecular weight excluding hydrogens is 311 g/mol. The summed E-state index contributed by atoms with van der Waals surface area (Å²) < 4.78 is 1.64. The number of nitrogens with zero attached hydrogens (tertiary/aromatic N) is 1. The summed E-state index contributed by atoms with van der Waals surface area (Å²) >= 11 is 13.9. The van der Waals surface area contributed by atoms with Gasteiger partial charge in [0.05, 0.1) is 8.67 Å². The van der Waals surface area contributed by atoms with Gasteiger partial charge in [0, 0.05) is 24.2 Å². The molecule has 2 aliphatic heterocycles. The van der Waals surface area contributed by atoms with Crippen LogP contribution >= 0.6 is 34.5 Å². The van der Waals surface area contributed by atoms with Crippen molar-refractivity contribution < 1.29 is 0 Å². The maximum Gasteiger partial charge on any atom is 0.0991 e. The zero-order valence-electron chi connectivity index (χ0n) is 11.9. The molecule has 0 aliphatic carbocycles. The van der Waals surface area contributed by atoms with Gasteiger partial charge in [-0.15, -0.1) is 11.3 Å². The Labute approximate surface area is 135 Å². The minimum absolute atomic E-state index is 0.371. The van der Waals surface area contributed by atoms with Gasteiger partial charge in [0.25, 0.3) is 0 Å². The van der Waals surface area contributed by atoms with Crippen LogP contribution in [0.4, 0.5) is 0 Å². The number of rotatable bonds is 3. The van der Waals surface area contributed by atoms with E-state index in [1.165, 1.54) is 62.2 Å². The van der Waals surface area contributed by atoms with Crippen LogP contribution in [0.2, 0.25) is 8.67 Å². The molecule has 2 fully saturated rings. The number of thiophene rings is 1.